The summed E-state index contributed by atoms with van der Waals surface area (Å²) in [7, 11) is 0. The van der Waals surface area contributed by atoms with E-state index in [-0.39, 0.29) is 22.7 Å². The molecular formula is C12H15FN4O2. The third-order valence-electron chi connectivity index (χ3n) is 2.50. The van der Waals surface area contributed by atoms with Crippen LogP contribution in [-0.2, 0) is 6.54 Å². The molecule has 1 atom stereocenters. The van der Waals surface area contributed by atoms with Crippen LogP contribution in [0.2, 0.25) is 0 Å². The number of ether oxygens (including phenoxy) is 1. The minimum Gasteiger partial charge on any atom is -0.430 e. The number of alkyl halides is 1. The number of H-pyrrole nitrogens is 1. The second kappa shape index (κ2) is 5.21. The van der Waals surface area contributed by atoms with Gasteiger partial charge in [-0.15, -0.1) is 0 Å². The number of rotatable bonds is 5. The Hall–Kier alpha value is -2.18. The van der Waals surface area contributed by atoms with Crippen LogP contribution in [0.15, 0.2) is 11.4 Å². The number of aromatic nitrogens is 4. The first-order chi connectivity index (χ1) is 9.06. The number of aromatic amines is 1. The summed E-state index contributed by atoms with van der Waals surface area (Å²) in [5.41, 5.74) is 0.133. The van der Waals surface area contributed by atoms with E-state index >= 15 is 0 Å². The smallest absolute Gasteiger partial charge is 0.303 e. The summed E-state index contributed by atoms with van der Waals surface area (Å²) in [4.78, 5) is 23.2. The topological polar surface area (TPSA) is 72.8 Å². The number of nitrogens with zero attached hydrogens (tertiary/aromatic N) is 3. The molecule has 1 unspecified atom stereocenters. The first-order valence-corrected chi connectivity index (χ1v) is 6.00. The van der Waals surface area contributed by atoms with Crippen molar-refractivity contribution in [2.45, 2.75) is 33.2 Å². The molecule has 2 aromatic heterocycles. The van der Waals surface area contributed by atoms with E-state index < -0.39 is 6.36 Å². The second-order valence-corrected chi connectivity index (χ2v) is 4.04. The lowest BCUT2D eigenvalue weighted by Crippen LogP contribution is -2.25. The molecule has 2 aromatic rings. The Morgan fingerprint density at radius 3 is 2.89 bits per heavy atom. The number of fused-ring (bicyclic) bond motifs is 1. The Balaban J connectivity index is 2.67. The standard InChI is InChI=1S/C12H15FN4O2/c1-4-6-17-11(18)9-10(15-8(5-2)14-9)16-12(17)19-7(3)13/h5,7H,2,4,6H2,1,3H3,(H,14,15). The fourth-order valence-electron chi connectivity index (χ4n) is 1.74. The lowest BCUT2D eigenvalue weighted by atomic mass is 10.4. The molecule has 0 saturated carbocycles. The first-order valence-electron chi connectivity index (χ1n) is 6.00. The molecule has 6 nitrogen and oxygen atoms in total. The Kier molecular flexibility index (Phi) is 3.64. The van der Waals surface area contributed by atoms with Gasteiger partial charge < -0.3 is 9.72 Å². The maximum atomic E-state index is 13.0. The van der Waals surface area contributed by atoms with E-state index in [0.717, 1.165) is 0 Å². The maximum absolute atomic E-state index is 13.0. The zero-order valence-electron chi connectivity index (χ0n) is 10.8. The van der Waals surface area contributed by atoms with Crippen molar-refractivity contribution in [1.82, 2.24) is 19.5 Å². The molecule has 0 saturated heterocycles. The number of hydrogen-bond donors (Lipinski definition) is 1. The summed E-state index contributed by atoms with van der Waals surface area (Å²) in [6.45, 7) is 7.09. The molecule has 0 spiro atoms. The van der Waals surface area contributed by atoms with Crippen LogP contribution >= 0.6 is 0 Å². The molecule has 1 N–H and O–H groups in total. The second-order valence-electron chi connectivity index (χ2n) is 4.04. The highest BCUT2D eigenvalue weighted by atomic mass is 19.1. The van der Waals surface area contributed by atoms with Gasteiger partial charge in [-0.1, -0.05) is 13.5 Å². The minimum absolute atomic E-state index is 0.0588. The van der Waals surface area contributed by atoms with Crippen molar-refractivity contribution in [2.75, 3.05) is 0 Å². The molecule has 0 aromatic carbocycles. The van der Waals surface area contributed by atoms with E-state index in [9.17, 15) is 9.18 Å². The van der Waals surface area contributed by atoms with Crippen LogP contribution in [0.3, 0.4) is 0 Å². The molecular weight excluding hydrogens is 251 g/mol. The number of nitrogens with one attached hydrogen (secondary N) is 1. The normalized spacial score (nSPS) is 12.6. The van der Waals surface area contributed by atoms with Gasteiger partial charge in [0.05, 0.1) is 0 Å². The fraction of sp³-hybridized carbons (Fsp3) is 0.417. The van der Waals surface area contributed by atoms with Gasteiger partial charge in [-0.25, -0.2) is 9.37 Å². The summed E-state index contributed by atoms with van der Waals surface area (Å²) < 4.78 is 19.2. The van der Waals surface area contributed by atoms with Gasteiger partial charge in [0, 0.05) is 13.5 Å². The van der Waals surface area contributed by atoms with Gasteiger partial charge in [-0.2, -0.15) is 4.98 Å². The Morgan fingerprint density at radius 1 is 1.58 bits per heavy atom. The van der Waals surface area contributed by atoms with Crippen LogP contribution in [-0.4, -0.2) is 25.9 Å². The highest BCUT2D eigenvalue weighted by molar-refractivity contribution is 5.71. The van der Waals surface area contributed by atoms with Crippen molar-refractivity contribution in [1.29, 1.82) is 0 Å². The van der Waals surface area contributed by atoms with Crippen molar-refractivity contribution in [3.8, 4) is 6.01 Å². The number of halogens is 1. The zero-order valence-corrected chi connectivity index (χ0v) is 10.8. The van der Waals surface area contributed by atoms with Crippen molar-refractivity contribution in [3.05, 3.63) is 22.8 Å². The fourth-order valence-corrected chi connectivity index (χ4v) is 1.74. The van der Waals surface area contributed by atoms with Gasteiger partial charge in [0.2, 0.25) is 6.36 Å². The van der Waals surface area contributed by atoms with Crippen LogP contribution in [0, 0.1) is 0 Å². The molecule has 0 amide bonds. The van der Waals surface area contributed by atoms with Gasteiger partial charge in [0.25, 0.3) is 5.56 Å². The number of hydrogen-bond acceptors (Lipinski definition) is 4. The van der Waals surface area contributed by atoms with Gasteiger partial charge in [0.1, 0.15) is 5.82 Å². The summed E-state index contributed by atoms with van der Waals surface area (Å²) in [5, 5.41) is 0. The predicted octanol–water partition coefficient (Wildman–Crippen LogP) is 1.87. The molecule has 0 bridgehead atoms. The van der Waals surface area contributed by atoms with Crippen LogP contribution in [0.1, 0.15) is 26.1 Å². The molecule has 19 heavy (non-hydrogen) atoms. The number of imidazole rings is 1. The Bertz CT molecular complexity index is 660. The van der Waals surface area contributed by atoms with E-state index in [1.165, 1.54) is 17.6 Å². The van der Waals surface area contributed by atoms with Crippen LogP contribution in [0.4, 0.5) is 4.39 Å². The van der Waals surface area contributed by atoms with E-state index in [1.807, 2.05) is 6.92 Å². The van der Waals surface area contributed by atoms with Crippen LogP contribution < -0.4 is 10.3 Å². The van der Waals surface area contributed by atoms with Crippen LogP contribution in [0.25, 0.3) is 17.2 Å². The maximum Gasteiger partial charge on any atom is 0.303 e. The SMILES string of the molecule is C=Cc1nc2nc(OC(C)F)n(CCC)c(=O)c2[nH]1. The molecule has 7 heteroatoms. The average molecular weight is 266 g/mol. The van der Waals surface area contributed by atoms with Gasteiger partial charge in [-0.05, 0) is 12.5 Å². The molecule has 0 aliphatic carbocycles. The Labute approximate surface area is 108 Å². The summed E-state index contributed by atoms with van der Waals surface area (Å²) in [5.74, 6) is 0.438. The third-order valence-corrected chi connectivity index (χ3v) is 2.50. The van der Waals surface area contributed by atoms with Crippen molar-refractivity contribution >= 4 is 17.2 Å². The van der Waals surface area contributed by atoms with Gasteiger partial charge in [-0.3, -0.25) is 9.36 Å². The van der Waals surface area contributed by atoms with Gasteiger partial charge in [0.15, 0.2) is 11.2 Å². The lowest BCUT2D eigenvalue weighted by Gasteiger charge is -2.12. The molecule has 0 aliphatic heterocycles. The van der Waals surface area contributed by atoms with E-state index in [1.54, 1.807) is 0 Å². The van der Waals surface area contributed by atoms with Crippen molar-refractivity contribution in [3.63, 3.8) is 0 Å². The molecule has 2 rings (SSSR count). The lowest BCUT2D eigenvalue weighted by molar-refractivity contribution is 0.0695. The largest absolute Gasteiger partial charge is 0.430 e. The van der Waals surface area contributed by atoms with E-state index in [0.29, 0.717) is 18.8 Å². The van der Waals surface area contributed by atoms with Crippen molar-refractivity contribution in [2.24, 2.45) is 0 Å². The highest BCUT2D eigenvalue weighted by Crippen LogP contribution is 2.14. The molecule has 102 valence electrons. The summed E-state index contributed by atoms with van der Waals surface area (Å²) >= 11 is 0. The summed E-state index contributed by atoms with van der Waals surface area (Å²) in [6, 6.07) is -0.0588. The van der Waals surface area contributed by atoms with E-state index in [4.69, 9.17) is 4.74 Å². The molecule has 0 aliphatic rings. The molecule has 0 fully saturated rings. The minimum atomic E-state index is -1.55. The third kappa shape index (κ3) is 2.49. The highest BCUT2D eigenvalue weighted by Gasteiger charge is 2.16. The molecule has 0 radical (unpaired) electrons. The Morgan fingerprint density at radius 2 is 2.32 bits per heavy atom. The van der Waals surface area contributed by atoms with Crippen molar-refractivity contribution < 1.29 is 9.13 Å². The molecule has 2 heterocycles. The zero-order chi connectivity index (χ0) is 14.0. The quantitative estimate of drug-likeness (QED) is 0.896. The van der Waals surface area contributed by atoms with Gasteiger partial charge >= 0.3 is 6.01 Å². The summed E-state index contributed by atoms with van der Waals surface area (Å²) in [6.07, 6.45) is 0.626. The van der Waals surface area contributed by atoms with E-state index in [2.05, 4.69) is 21.5 Å². The first kappa shape index (κ1) is 13.3. The average Bonchev–Trinajstić information content (AvgIpc) is 2.77. The predicted molar refractivity (Wildman–Crippen MR) is 69.7 cm³/mol. The monoisotopic (exact) mass is 266 g/mol. The van der Waals surface area contributed by atoms with Crippen LogP contribution in [0.5, 0.6) is 6.01 Å².